The van der Waals surface area contributed by atoms with E-state index in [0.717, 1.165) is 26.9 Å². The second-order valence-electron chi connectivity index (χ2n) is 3.68. The van der Waals surface area contributed by atoms with E-state index in [9.17, 15) is 5.11 Å². The van der Waals surface area contributed by atoms with Gasteiger partial charge in [0.2, 0.25) is 0 Å². The lowest BCUT2D eigenvalue weighted by Crippen LogP contribution is -1.82. The molecule has 0 saturated carbocycles. The third-order valence-corrected chi connectivity index (χ3v) is 2.88. The summed E-state index contributed by atoms with van der Waals surface area (Å²) in [6, 6.07) is 6.98. The lowest BCUT2D eigenvalue weighted by Gasteiger charge is -1.95. The van der Waals surface area contributed by atoms with Crippen LogP contribution in [0.15, 0.2) is 41.1 Å². The first-order valence-electron chi connectivity index (χ1n) is 5.02. The number of phenolic OH excluding ortho intramolecular Hbond substituents is 1. The fourth-order valence-electron chi connectivity index (χ4n) is 1.68. The van der Waals surface area contributed by atoms with E-state index < -0.39 is 0 Å². The Kier molecular flexibility index (Phi) is 2.33. The Labute approximate surface area is 105 Å². The molecule has 0 fully saturated rings. The molecule has 0 spiro atoms. The highest BCUT2D eigenvalue weighted by Crippen LogP contribution is 2.24. The van der Waals surface area contributed by atoms with Crippen LogP contribution in [-0.2, 0) is 0 Å². The predicted octanol–water partition coefficient (Wildman–Crippen LogP) is 3.09. The number of aromatic amines is 1. The van der Waals surface area contributed by atoms with Crippen LogP contribution in [0.1, 0.15) is 0 Å². The van der Waals surface area contributed by atoms with E-state index in [1.165, 1.54) is 0 Å². The number of hydrogen-bond acceptors (Lipinski definition) is 3. The van der Waals surface area contributed by atoms with Gasteiger partial charge in [-0.2, -0.15) is 0 Å². The van der Waals surface area contributed by atoms with Crippen LogP contribution in [0.25, 0.3) is 22.4 Å². The van der Waals surface area contributed by atoms with Gasteiger partial charge < -0.3 is 10.1 Å². The molecule has 84 valence electrons. The van der Waals surface area contributed by atoms with Gasteiger partial charge in [-0.05, 0) is 34.1 Å². The number of H-pyrrole nitrogens is 1. The van der Waals surface area contributed by atoms with Gasteiger partial charge in [-0.25, -0.2) is 4.98 Å². The number of halogens is 1. The summed E-state index contributed by atoms with van der Waals surface area (Å²) in [5.74, 6) is 0.958. The van der Waals surface area contributed by atoms with Crippen molar-refractivity contribution in [2.75, 3.05) is 0 Å². The first kappa shape index (κ1) is 10.3. The van der Waals surface area contributed by atoms with Crippen LogP contribution in [0, 0.1) is 0 Å². The molecule has 0 unspecified atom stereocenters. The summed E-state index contributed by atoms with van der Waals surface area (Å²) in [6.45, 7) is 0. The number of nitrogens with zero attached hydrogens (tertiary/aromatic N) is 2. The molecule has 4 nitrogen and oxygen atoms in total. The number of pyridine rings is 1. The van der Waals surface area contributed by atoms with Gasteiger partial charge in [0.15, 0.2) is 0 Å². The van der Waals surface area contributed by atoms with Crippen LogP contribution in [0.4, 0.5) is 0 Å². The molecular weight excluding hydrogens is 282 g/mol. The second-order valence-corrected chi connectivity index (χ2v) is 4.59. The molecule has 0 saturated heterocycles. The summed E-state index contributed by atoms with van der Waals surface area (Å²) in [7, 11) is 0. The predicted molar refractivity (Wildman–Crippen MR) is 68.7 cm³/mol. The number of hydrogen-bond donors (Lipinski definition) is 2. The number of imidazole rings is 1. The number of nitrogens with one attached hydrogen (secondary N) is 1. The van der Waals surface area contributed by atoms with E-state index in [4.69, 9.17) is 0 Å². The van der Waals surface area contributed by atoms with Crippen LogP contribution in [-0.4, -0.2) is 20.1 Å². The summed E-state index contributed by atoms with van der Waals surface area (Å²) in [6.07, 6.45) is 3.46. The molecule has 0 aliphatic rings. The van der Waals surface area contributed by atoms with Crippen LogP contribution in [0.3, 0.4) is 0 Å². The molecule has 0 amide bonds. The Morgan fingerprint density at radius 1 is 1.18 bits per heavy atom. The van der Waals surface area contributed by atoms with Crippen molar-refractivity contribution in [3.05, 3.63) is 41.1 Å². The molecule has 3 aromatic rings. The molecule has 0 aliphatic heterocycles. The topological polar surface area (TPSA) is 61.8 Å². The van der Waals surface area contributed by atoms with Crippen molar-refractivity contribution in [2.24, 2.45) is 0 Å². The molecular formula is C12H8BrN3O. The lowest BCUT2D eigenvalue weighted by molar-refractivity contribution is 0.476. The molecule has 0 radical (unpaired) electrons. The largest absolute Gasteiger partial charge is 0.508 e. The Bertz CT molecular complexity index is 693. The summed E-state index contributed by atoms with van der Waals surface area (Å²) in [4.78, 5) is 11.7. The maximum atomic E-state index is 9.39. The van der Waals surface area contributed by atoms with E-state index >= 15 is 0 Å². The van der Waals surface area contributed by atoms with Crippen LogP contribution < -0.4 is 0 Å². The van der Waals surface area contributed by atoms with Gasteiger partial charge in [-0.3, -0.25) is 4.98 Å². The molecule has 1 aromatic carbocycles. The van der Waals surface area contributed by atoms with Crippen molar-refractivity contribution in [1.29, 1.82) is 0 Å². The first-order chi connectivity index (χ1) is 8.22. The zero-order valence-corrected chi connectivity index (χ0v) is 10.3. The molecule has 17 heavy (non-hydrogen) atoms. The number of phenols is 1. The maximum absolute atomic E-state index is 9.39. The van der Waals surface area contributed by atoms with Gasteiger partial charge in [0.05, 0.1) is 11.0 Å². The number of aromatic nitrogens is 3. The highest BCUT2D eigenvalue weighted by molar-refractivity contribution is 9.10. The van der Waals surface area contributed by atoms with Crippen molar-refractivity contribution < 1.29 is 5.11 Å². The minimum atomic E-state index is 0.222. The smallest absolute Gasteiger partial charge is 0.140 e. The standard InChI is InChI=1S/C12H8BrN3O/c13-8-3-7(5-14-6-8)12-15-10-2-1-9(17)4-11(10)16-12/h1-6,17H,(H,15,16). The third-order valence-electron chi connectivity index (χ3n) is 2.44. The molecule has 2 heterocycles. The monoisotopic (exact) mass is 289 g/mol. The van der Waals surface area contributed by atoms with Crippen molar-refractivity contribution in [3.63, 3.8) is 0 Å². The minimum absolute atomic E-state index is 0.222. The molecule has 0 bridgehead atoms. The van der Waals surface area contributed by atoms with E-state index in [2.05, 4.69) is 30.9 Å². The SMILES string of the molecule is Oc1ccc2nc(-c3cncc(Br)c3)[nH]c2c1. The minimum Gasteiger partial charge on any atom is -0.508 e. The van der Waals surface area contributed by atoms with Crippen LogP contribution in [0.5, 0.6) is 5.75 Å². The van der Waals surface area contributed by atoms with Crippen molar-refractivity contribution in [2.45, 2.75) is 0 Å². The molecule has 3 rings (SSSR count). The van der Waals surface area contributed by atoms with Gasteiger partial charge in [0.25, 0.3) is 0 Å². The van der Waals surface area contributed by atoms with Crippen LogP contribution >= 0.6 is 15.9 Å². The Hall–Kier alpha value is -1.88. The van der Waals surface area contributed by atoms with Crippen molar-refractivity contribution >= 4 is 27.0 Å². The van der Waals surface area contributed by atoms with E-state index in [0.29, 0.717) is 0 Å². The average molecular weight is 290 g/mol. The van der Waals surface area contributed by atoms with Gasteiger partial charge in [-0.1, -0.05) is 0 Å². The van der Waals surface area contributed by atoms with Crippen molar-refractivity contribution in [1.82, 2.24) is 15.0 Å². The van der Waals surface area contributed by atoms with E-state index in [1.54, 1.807) is 30.6 Å². The summed E-state index contributed by atoms with van der Waals surface area (Å²) < 4.78 is 0.901. The highest BCUT2D eigenvalue weighted by atomic mass is 79.9. The Morgan fingerprint density at radius 2 is 2.06 bits per heavy atom. The van der Waals surface area contributed by atoms with Gasteiger partial charge >= 0.3 is 0 Å². The molecule has 0 aliphatic carbocycles. The Balaban J connectivity index is 2.18. The number of fused-ring (bicyclic) bond motifs is 1. The van der Waals surface area contributed by atoms with Crippen LogP contribution in [0.2, 0.25) is 0 Å². The number of rotatable bonds is 1. The van der Waals surface area contributed by atoms with E-state index in [1.807, 2.05) is 6.07 Å². The summed E-state index contributed by atoms with van der Waals surface area (Å²) >= 11 is 3.37. The second kappa shape index (κ2) is 3.85. The summed E-state index contributed by atoms with van der Waals surface area (Å²) in [5.41, 5.74) is 2.52. The lowest BCUT2D eigenvalue weighted by atomic mass is 10.3. The van der Waals surface area contributed by atoms with Gasteiger partial charge in [0, 0.05) is 28.5 Å². The molecule has 5 heteroatoms. The van der Waals surface area contributed by atoms with Gasteiger partial charge in [0.1, 0.15) is 11.6 Å². The van der Waals surface area contributed by atoms with E-state index in [-0.39, 0.29) is 5.75 Å². The molecule has 2 aromatic heterocycles. The number of benzene rings is 1. The first-order valence-corrected chi connectivity index (χ1v) is 5.81. The Morgan fingerprint density at radius 3 is 2.88 bits per heavy atom. The maximum Gasteiger partial charge on any atom is 0.140 e. The molecule has 0 atom stereocenters. The third kappa shape index (κ3) is 1.89. The van der Waals surface area contributed by atoms with Gasteiger partial charge in [-0.15, -0.1) is 0 Å². The fraction of sp³-hybridized carbons (Fsp3) is 0. The highest BCUT2D eigenvalue weighted by Gasteiger charge is 2.06. The normalized spacial score (nSPS) is 10.9. The molecule has 2 N–H and O–H groups in total. The summed E-state index contributed by atoms with van der Waals surface area (Å²) in [5, 5.41) is 9.39. The quantitative estimate of drug-likeness (QED) is 0.724. The number of aromatic hydroxyl groups is 1. The fourth-order valence-corrected chi connectivity index (χ4v) is 2.04. The average Bonchev–Trinajstić information content (AvgIpc) is 2.72. The zero-order chi connectivity index (χ0) is 11.8. The van der Waals surface area contributed by atoms with Crippen molar-refractivity contribution in [3.8, 4) is 17.1 Å². The zero-order valence-electron chi connectivity index (χ0n) is 8.68.